The van der Waals surface area contributed by atoms with Crippen molar-refractivity contribution in [2.75, 3.05) is 7.11 Å². The number of nitrogens with zero attached hydrogens (tertiary/aromatic N) is 3. The van der Waals surface area contributed by atoms with E-state index in [-0.39, 0.29) is 18.0 Å². The van der Waals surface area contributed by atoms with Gasteiger partial charge in [-0.05, 0) is 45.0 Å². The quantitative estimate of drug-likeness (QED) is 0.868. The van der Waals surface area contributed by atoms with Gasteiger partial charge in [0.15, 0.2) is 0 Å². The van der Waals surface area contributed by atoms with E-state index in [9.17, 15) is 4.79 Å². The molecule has 22 heavy (non-hydrogen) atoms. The summed E-state index contributed by atoms with van der Waals surface area (Å²) in [6.07, 6.45) is 0. The minimum absolute atomic E-state index is 0.0917. The smallest absolute Gasteiger partial charge is 0.254 e. The highest BCUT2D eigenvalue weighted by atomic mass is 16.5. The second kappa shape index (κ2) is 6.17. The van der Waals surface area contributed by atoms with E-state index < -0.39 is 0 Å². The van der Waals surface area contributed by atoms with Crippen LogP contribution in [-0.4, -0.2) is 33.7 Å². The van der Waals surface area contributed by atoms with E-state index in [4.69, 9.17) is 9.15 Å². The number of hydrogen-bond donors (Lipinski definition) is 0. The number of rotatable bonds is 4. The molecule has 0 fully saturated rings. The van der Waals surface area contributed by atoms with E-state index >= 15 is 0 Å². The summed E-state index contributed by atoms with van der Waals surface area (Å²) in [5.41, 5.74) is 0.214. The van der Waals surface area contributed by atoms with Crippen molar-refractivity contribution in [1.82, 2.24) is 15.1 Å². The number of aromatic nitrogens is 2. The van der Waals surface area contributed by atoms with E-state index in [0.717, 1.165) is 0 Å². The first-order valence-corrected chi connectivity index (χ1v) is 7.06. The Balaban J connectivity index is 2.26. The summed E-state index contributed by atoms with van der Waals surface area (Å²) in [5, 5.41) is 7.78. The number of methoxy groups -OCH3 is 1. The highest BCUT2D eigenvalue weighted by molar-refractivity contribution is 5.94. The van der Waals surface area contributed by atoms with Crippen LogP contribution in [0.1, 0.15) is 42.9 Å². The molecule has 2 rings (SSSR count). The van der Waals surface area contributed by atoms with Gasteiger partial charge in [-0.2, -0.15) is 0 Å². The topological polar surface area (TPSA) is 68.5 Å². The first-order valence-electron chi connectivity index (χ1n) is 7.06. The number of ether oxygens (including phenoxy) is 1. The Morgan fingerprint density at radius 1 is 1.23 bits per heavy atom. The maximum atomic E-state index is 12.8. The van der Waals surface area contributed by atoms with Crippen LogP contribution in [0.5, 0.6) is 5.75 Å². The number of hydrogen-bond acceptors (Lipinski definition) is 5. The van der Waals surface area contributed by atoms with Crippen LogP contribution in [0.4, 0.5) is 0 Å². The maximum Gasteiger partial charge on any atom is 0.254 e. The summed E-state index contributed by atoms with van der Waals surface area (Å²) in [7, 11) is 1.59. The first-order chi connectivity index (χ1) is 10.3. The molecule has 0 N–H and O–H groups in total. The maximum absolute atomic E-state index is 12.8. The van der Waals surface area contributed by atoms with Gasteiger partial charge in [-0.1, -0.05) is 0 Å². The van der Waals surface area contributed by atoms with Gasteiger partial charge in [-0.3, -0.25) is 4.79 Å². The monoisotopic (exact) mass is 303 g/mol. The number of benzene rings is 1. The molecule has 0 radical (unpaired) electrons. The standard InChI is InChI=1S/C16H21N3O3/c1-11-17-18-14(22-11)10-19(16(2,3)4)15(20)12-6-8-13(21-5)9-7-12/h6-9H,10H2,1-5H3. The fourth-order valence-corrected chi connectivity index (χ4v) is 2.04. The predicted octanol–water partition coefficient (Wildman–Crippen LogP) is 2.83. The molecule has 6 heteroatoms. The molecule has 0 saturated carbocycles. The highest BCUT2D eigenvalue weighted by Gasteiger charge is 2.29. The van der Waals surface area contributed by atoms with Crippen molar-refractivity contribution in [3.63, 3.8) is 0 Å². The summed E-state index contributed by atoms with van der Waals surface area (Å²) in [5.74, 6) is 1.53. The van der Waals surface area contributed by atoms with E-state index in [0.29, 0.717) is 23.1 Å². The van der Waals surface area contributed by atoms with E-state index in [1.54, 1.807) is 43.2 Å². The number of amides is 1. The van der Waals surface area contributed by atoms with Gasteiger partial charge in [-0.15, -0.1) is 10.2 Å². The largest absolute Gasteiger partial charge is 0.497 e. The molecule has 0 aliphatic heterocycles. The second-order valence-electron chi connectivity index (χ2n) is 6.01. The summed E-state index contributed by atoms with van der Waals surface area (Å²) >= 11 is 0. The lowest BCUT2D eigenvalue weighted by atomic mass is 10.0. The lowest BCUT2D eigenvalue weighted by Gasteiger charge is -2.34. The molecule has 1 heterocycles. The van der Waals surface area contributed by atoms with Crippen molar-refractivity contribution < 1.29 is 13.9 Å². The molecule has 0 saturated heterocycles. The summed E-state index contributed by atoms with van der Waals surface area (Å²) in [6.45, 7) is 7.91. The zero-order valence-corrected chi connectivity index (χ0v) is 13.6. The molecule has 6 nitrogen and oxygen atoms in total. The Morgan fingerprint density at radius 3 is 2.32 bits per heavy atom. The molecule has 118 valence electrons. The van der Waals surface area contributed by atoms with Crippen molar-refractivity contribution >= 4 is 5.91 Å². The number of carbonyl (C=O) groups is 1. The molecule has 1 amide bonds. The van der Waals surface area contributed by atoms with E-state index in [1.165, 1.54) is 0 Å². The molecule has 2 aromatic rings. The molecule has 1 aromatic heterocycles. The first kappa shape index (κ1) is 16.0. The third-order valence-electron chi connectivity index (χ3n) is 3.25. The highest BCUT2D eigenvalue weighted by Crippen LogP contribution is 2.21. The normalized spacial score (nSPS) is 11.3. The third kappa shape index (κ3) is 3.63. The van der Waals surface area contributed by atoms with Crippen LogP contribution < -0.4 is 4.74 Å². The number of carbonyl (C=O) groups excluding carboxylic acids is 1. The van der Waals surface area contributed by atoms with Crippen molar-refractivity contribution in [1.29, 1.82) is 0 Å². The molecule has 0 aliphatic carbocycles. The van der Waals surface area contributed by atoms with Crippen molar-refractivity contribution in [2.45, 2.75) is 39.8 Å². The van der Waals surface area contributed by atoms with Gasteiger partial charge in [0.1, 0.15) is 5.75 Å². The molecular weight excluding hydrogens is 282 g/mol. The van der Waals surface area contributed by atoms with Crippen LogP contribution in [0, 0.1) is 6.92 Å². The van der Waals surface area contributed by atoms with Crippen LogP contribution in [-0.2, 0) is 6.54 Å². The lowest BCUT2D eigenvalue weighted by molar-refractivity contribution is 0.0532. The summed E-state index contributed by atoms with van der Waals surface area (Å²) in [4.78, 5) is 14.5. The van der Waals surface area contributed by atoms with E-state index in [1.807, 2.05) is 20.8 Å². The average molecular weight is 303 g/mol. The van der Waals surface area contributed by atoms with Crippen LogP contribution in [0.2, 0.25) is 0 Å². The number of aryl methyl sites for hydroxylation is 1. The lowest BCUT2D eigenvalue weighted by Crippen LogP contribution is -2.45. The Labute approximate surface area is 130 Å². The van der Waals surface area contributed by atoms with Crippen molar-refractivity contribution in [3.8, 4) is 5.75 Å². The third-order valence-corrected chi connectivity index (χ3v) is 3.25. The Hall–Kier alpha value is -2.37. The van der Waals surface area contributed by atoms with Gasteiger partial charge in [-0.25, -0.2) is 0 Å². The van der Waals surface area contributed by atoms with Crippen molar-refractivity contribution in [2.24, 2.45) is 0 Å². The fourth-order valence-electron chi connectivity index (χ4n) is 2.04. The van der Waals surface area contributed by atoms with Crippen LogP contribution in [0.3, 0.4) is 0 Å². The van der Waals surface area contributed by atoms with Gasteiger partial charge in [0.2, 0.25) is 11.8 Å². The molecule has 0 bridgehead atoms. The molecular formula is C16H21N3O3. The minimum atomic E-state index is -0.376. The van der Waals surface area contributed by atoms with Crippen LogP contribution >= 0.6 is 0 Å². The summed E-state index contributed by atoms with van der Waals surface area (Å²) in [6, 6.07) is 7.04. The summed E-state index contributed by atoms with van der Waals surface area (Å²) < 4.78 is 10.5. The zero-order valence-electron chi connectivity index (χ0n) is 13.6. The predicted molar refractivity (Wildman–Crippen MR) is 81.7 cm³/mol. The Morgan fingerprint density at radius 2 is 1.86 bits per heavy atom. The Kier molecular flexibility index (Phi) is 4.49. The van der Waals surface area contributed by atoms with Gasteiger partial charge >= 0.3 is 0 Å². The molecule has 0 aliphatic rings. The van der Waals surface area contributed by atoms with Crippen LogP contribution in [0.25, 0.3) is 0 Å². The molecule has 0 unspecified atom stereocenters. The van der Waals surface area contributed by atoms with E-state index in [2.05, 4.69) is 10.2 Å². The fraction of sp³-hybridized carbons (Fsp3) is 0.438. The SMILES string of the molecule is COc1ccc(C(=O)N(Cc2nnc(C)o2)C(C)(C)C)cc1. The van der Waals surface area contributed by atoms with Gasteiger partial charge in [0.25, 0.3) is 5.91 Å². The molecule has 0 atom stereocenters. The molecule has 0 spiro atoms. The second-order valence-corrected chi connectivity index (χ2v) is 6.01. The zero-order chi connectivity index (χ0) is 16.3. The Bertz CT molecular complexity index is 641. The molecule has 1 aromatic carbocycles. The van der Waals surface area contributed by atoms with Crippen molar-refractivity contribution in [3.05, 3.63) is 41.6 Å². The van der Waals surface area contributed by atoms with Crippen LogP contribution in [0.15, 0.2) is 28.7 Å². The van der Waals surface area contributed by atoms with Gasteiger partial charge in [0.05, 0.1) is 13.7 Å². The van der Waals surface area contributed by atoms with Gasteiger partial charge in [0, 0.05) is 18.0 Å². The average Bonchev–Trinajstić information content (AvgIpc) is 2.88. The minimum Gasteiger partial charge on any atom is -0.497 e. The van der Waals surface area contributed by atoms with Gasteiger partial charge < -0.3 is 14.1 Å².